The van der Waals surface area contributed by atoms with E-state index < -0.39 is 0 Å². The van der Waals surface area contributed by atoms with Crippen LogP contribution < -0.4 is 0 Å². The number of hydrogen-bond acceptors (Lipinski definition) is 2. The van der Waals surface area contributed by atoms with Crippen molar-refractivity contribution >= 4 is 21.9 Å². The zero-order chi connectivity index (χ0) is 14.0. The normalized spacial score (nSPS) is 12.8. The first-order chi connectivity index (χ1) is 10.3. The summed E-state index contributed by atoms with van der Waals surface area (Å²) in [5, 5.41) is 2.57. The third-order valence-electron chi connectivity index (χ3n) is 4.55. The van der Waals surface area contributed by atoms with Crippen LogP contribution in [0.2, 0.25) is 0 Å². The fourth-order valence-corrected chi connectivity index (χ4v) is 3.62. The van der Waals surface area contributed by atoms with E-state index in [1.807, 2.05) is 24.5 Å². The molecule has 1 aromatic carbocycles. The highest BCUT2D eigenvalue weighted by Gasteiger charge is 2.23. The van der Waals surface area contributed by atoms with E-state index >= 15 is 0 Å². The second-order valence-electron chi connectivity index (χ2n) is 5.59. The van der Waals surface area contributed by atoms with Crippen LogP contribution >= 0.6 is 0 Å². The molecule has 3 heteroatoms. The molecule has 0 spiro atoms. The Morgan fingerprint density at radius 3 is 2.76 bits per heavy atom. The van der Waals surface area contributed by atoms with Crippen molar-refractivity contribution in [2.75, 3.05) is 0 Å². The molecule has 3 aromatic heterocycles. The van der Waals surface area contributed by atoms with Gasteiger partial charge in [0.05, 0.1) is 11.2 Å². The Balaban J connectivity index is 1.99. The summed E-state index contributed by atoms with van der Waals surface area (Å²) in [4.78, 5) is 9.09. The Morgan fingerprint density at radius 1 is 0.952 bits per heavy atom. The minimum atomic E-state index is 0.914. The van der Waals surface area contributed by atoms with E-state index in [0.717, 1.165) is 12.1 Å². The second-order valence-corrected chi connectivity index (χ2v) is 5.59. The van der Waals surface area contributed by atoms with Gasteiger partial charge in [-0.2, -0.15) is 0 Å². The highest BCUT2D eigenvalue weighted by atomic mass is 15.0. The first-order valence-corrected chi connectivity index (χ1v) is 7.14. The summed E-state index contributed by atoms with van der Waals surface area (Å²) in [7, 11) is 2.09. The van der Waals surface area contributed by atoms with E-state index in [1.165, 1.54) is 38.7 Å². The van der Waals surface area contributed by atoms with Crippen molar-refractivity contribution in [2.24, 2.45) is 7.05 Å². The van der Waals surface area contributed by atoms with E-state index in [9.17, 15) is 0 Å². The number of aryl methyl sites for hydroxylation is 1. The third kappa shape index (κ3) is 1.28. The number of aromatic nitrogens is 3. The van der Waals surface area contributed by atoms with Gasteiger partial charge >= 0.3 is 0 Å². The molecule has 5 rings (SSSR count). The van der Waals surface area contributed by atoms with Gasteiger partial charge in [0.25, 0.3) is 0 Å². The Morgan fingerprint density at radius 2 is 1.81 bits per heavy atom. The summed E-state index contributed by atoms with van der Waals surface area (Å²) in [6.07, 6.45) is 4.65. The molecule has 0 unspecified atom stereocenters. The lowest BCUT2D eigenvalue weighted by Crippen LogP contribution is -1.89. The zero-order valence-corrected chi connectivity index (χ0v) is 11.7. The molecule has 0 N–H and O–H groups in total. The molecule has 0 bridgehead atoms. The fourth-order valence-electron chi connectivity index (χ4n) is 3.62. The first-order valence-electron chi connectivity index (χ1n) is 7.14. The Kier molecular flexibility index (Phi) is 1.94. The zero-order valence-electron chi connectivity index (χ0n) is 11.7. The van der Waals surface area contributed by atoms with Crippen molar-refractivity contribution < 1.29 is 0 Å². The molecule has 100 valence electrons. The average molecular weight is 271 g/mol. The number of hydrogen-bond donors (Lipinski definition) is 0. The number of fused-ring (bicyclic) bond motifs is 7. The van der Waals surface area contributed by atoms with E-state index in [0.29, 0.717) is 0 Å². The summed E-state index contributed by atoms with van der Waals surface area (Å²) < 4.78 is 2.18. The van der Waals surface area contributed by atoms with E-state index in [2.05, 4.69) is 45.8 Å². The maximum absolute atomic E-state index is 4.55. The summed E-state index contributed by atoms with van der Waals surface area (Å²) in [5.74, 6) is 0. The van der Waals surface area contributed by atoms with Crippen LogP contribution in [0.5, 0.6) is 0 Å². The fraction of sp³-hybridized carbons (Fsp3) is 0.111. The van der Waals surface area contributed by atoms with E-state index in [1.54, 1.807) is 0 Å². The lowest BCUT2D eigenvalue weighted by Gasteiger charge is -2.03. The van der Waals surface area contributed by atoms with Crippen LogP contribution in [0.3, 0.4) is 0 Å². The molecular weight excluding hydrogens is 258 g/mol. The number of rotatable bonds is 0. The minimum absolute atomic E-state index is 0.914. The predicted molar refractivity (Wildman–Crippen MR) is 84.3 cm³/mol. The van der Waals surface area contributed by atoms with Crippen molar-refractivity contribution in [2.45, 2.75) is 6.42 Å². The van der Waals surface area contributed by atoms with Gasteiger partial charge in [0.1, 0.15) is 5.65 Å². The van der Waals surface area contributed by atoms with Gasteiger partial charge in [0.15, 0.2) is 0 Å². The summed E-state index contributed by atoms with van der Waals surface area (Å²) in [5.41, 5.74) is 7.46. The van der Waals surface area contributed by atoms with Gasteiger partial charge in [0, 0.05) is 42.2 Å². The maximum Gasteiger partial charge on any atom is 0.140 e. The molecule has 0 atom stereocenters. The van der Waals surface area contributed by atoms with Crippen LogP contribution in [0, 0.1) is 0 Å². The van der Waals surface area contributed by atoms with Crippen LogP contribution in [-0.4, -0.2) is 14.5 Å². The SMILES string of the molecule is Cn1c2ccc3c(c2c2cccnc21)Cc1ncccc1-3. The van der Waals surface area contributed by atoms with Crippen molar-refractivity contribution in [3.05, 3.63) is 60.0 Å². The molecule has 0 aliphatic heterocycles. The molecule has 3 heterocycles. The lowest BCUT2D eigenvalue weighted by molar-refractivity contribution is 0.989. The first kappa shape index (κ1) is 11.0. The van der Waals surface area contributed by atoms with Crippen molar-refractivity contribution in [3.8, 4) is 11.1 Å². The topological polar surface area (TPSA) is 30.7 Å². The molecule has 0 amide bonds. The molecular formula is C18H13N3. The molecule has 3 nitrogen and oxygen atoms in total. The molecule has 1 aliphatic rings. The summed E-state index contributed by atoms with van der Waals surface area (Å²) >= 11 is 0. The lowest BCUT2D eigenvalue weighted by atomic mass is 10.0. The molecule has 0 fully saturated rings. The monoisotopic (exact) mass is 271 g/mol. The Hall–Kier alpha value is -2.68. The van der Waals surface area contributed by atoms with E-state index in [-0.39, 0.29) is 0 Å². The Bertz CT molecular complexity index is 1030. The van der Waals surface area contributed by atoms with E-state index in [4.69, 9.17) is 0 Å². The molecule has 21 heavy (non-hydrogen) atoms. The predicted octanol–water partition coefficient (Wildman–Crippen LogP) is 3.69. The minimum Gasteiger partial charge on any atom is -0.328 e. The second kappa shape index (κ2) is 3.70. The van der Waals surface area contributed by atoms with Gasteiger partial charge in [-0.05, 0) is 35.4 Å². The van der Waals surface area contributed by atoms with Gasteiger partial charge in [-0.25, -0.2) is 4.98 Å². The van der Waals surface area contributed by atoms with Crippen molar-refractivity contribution in [1.82, 2.24) is 14.5 Å². The van der Waals surface area contributed by atoms with Crippen LogP contribution in [0.4, 0.5) is 0 Å². The van der Waals surface area contributed by atoms with Gasteiger partial charge < -0.3 is 4.57 Å². The standard InChI is InChI=1S/C18H13N3/c1-21-16-7-6-11-12-4-2-8-19-15(12)10-14(11)17(16)13-5-3-9-20-18(13)21/h2-9H,10H2,1H3. The third-order valence-corrected chi connectivity index (χ3v) is 4.55. The van der Waals surface area contributed by atoms with Gasteiger partial charge in [-0.15, -0.1) is 0 Å². The smallest absolute Gasteiger partial charge is 0.140 e. The van der Waals surface area contributed by atoms with Gasteiger partial charge in [-0.1, -0.05) is 12.1 Å². The summed E-state index contributed by atoms with van der Waals surface area (Å²) in [6.45, 7) is 0. The average Bonchev–Trinajstić information content (AvgIpc) is 3.04. The number of pyridine rings is 2. The highest BCUT2D eigenvalue weighted by molar-refractivity contribution is 6.11. The number of nitrogens with zero attached hydrogens (tertiary/aromatic N) is 3. The number of benzene rings is 1. The molecule has 0 radical (unpaired) electrons. The molecule has 1 aliphatic carbocycles. The van der Waals surface area contributed by atoms with Crippen LogP contribution in [-0.2, 0) is 13.5 Å². The molecule has 0 saturated carbocycles. The van der Waals surface area contributed by atoms with Gasteiger partial charge in [0.2, 0.25) is 0 Å². The maximum atomic E-state index is 4.55. The van der Waals surface area contributed by atoms with Crippen molar-refractivity contribution in [3.63, 3.8) is 0 Å². The van der Waals surface area contributed by atoms with Crippen molar-refractivity contribution in [1.29, 1.82) is 0 Å². The largest absolute Gasteiger partial charge is 0.328 e. The van der Waals surface area contributed by atoms with Crippen LogP contribution in [0.15, 0.2) is 48.8 Å². The highest BCUT2D eigenvalue weighted by Crippen LogP contribution is 2.42. The quantitative estimate of drug-likeness (QED) is 0.430. The Labute approximate surface area is 121 Å². The molecule has 4 aromatic rings. The van der Waals surface area contributed by atoms with Crippen LogP contribution in [0.1, 0.15) is 11.3 Å². The van der Waals surface area contributed by atoms with Gasteiger partial charge in [-0.3, -0.25) is 4.98 Å². The van der Waals surface area contributed by atoms with Crippen LogP contribution in [0.25, 0.3) is 33.1 Å². The molecule has 0 saturated heterocycles. The summed E-state index contributed by atoms with van der Waals surface area (Å²) in [6, 6.07) is 12.8.